The van der Waals surface area contributed by atoms with Gasteiger partial charge in [0.1, 0.15) is 0 Å². The normalized spacial score (nSPS) is 18.6. The minimum Gasteiger partial charge on any atom is -0.395 e. The van der Waals surface area contributed by atoms with Crippen LogP contribution >= 0.6 is 11.8 Å². The van der Waals surface area contributed by atoms with E-state index in [1.54, 1.807) is 28.8 Å². The molecule has 0 unspecified atom stereocenters. The number of aliphatic hydroxyl groups excluding tert-OH is 1. The van der Waals surface area contributed by atoms with Gasteiger partial charge in [0.05, 0.1) is 11.5 Å². The van der Waals surface area contributed by atoms with Crippen molar-refractivity contribution in [1.82, 2.24) is 14.1 Å². The van der Waals surface area contributed by atoms with E-state index in [1.165, 1.54) is 10.4 Å². The predicted octanol–water partition coefficient (Wildman–Crippen LogP) is 1.84. The molecule has 2 saturated heterocycles. The molecule has 0 radical (unpaired) electrons. The number of nitrogens with zero attached hydrogens (tertiary/aromatic N) is 3. The Morgan fingerprint density at radius 2 is 1.59 bits per heavy atom. The minimum atomic E-state index is -3.68. The van der Waals surface area contributed by atoms with Crippen LogP contribution in [0.15, 0.2) is 53.4 Å². The summed E-state index contributed by atoms with van der Waals surface area (Å²) in [5.41, 5.74) is 1.99. The maximum Gasteiger partial charge on any atom is 0.254 e. The van der Waals surface area contributed by atoms with Gasteiger partial charge >= 0.3 is 0 Å². The molecule has 7 nitrogen and oxygen atoms in total. The van der Waals surface area contributed by atoms with Crippen molar-refractivity contribution in [1.29, 1.82) is 0 Å². The Morgan fingerprint density at radius 3 is 2.25 bits per heavy atom. The van der Waals surface area contributed by atoms with Crippen molar-refractivity contribution in [3.8, 4) is 11.1 Å². The standard InChI is InChI=1S/C23H29N3O4S2/c27-13-10-24-6-8-25(9-7-24)23(28)21-16-20(19-4-2-1-3-5-19)17-22(18-21)32(29,30)26-11-14-31-15-12-26/h1-5,16-18,27H,6-15H2. The summed E-state index contributed by atoms with van der Waals surface area (Å²) >= 11 is 1.75. The van der Waals surface area contributed by atoms with E-state index in [9.17, 15) is 13.2 Å². The average molecular weight is 476 g/mol. The first-order chi connectivity index (χ1) is 15.5. The molecular formula is C23H29N3O4S2. The van der Waals surface area contributed by atoms with Crippen LogP contribution in [0.2, 0.25) is 0 Å². The van der Waals surface area contributed by atoms with Gasteiger partial charge in [0.15, 0.2) is 0 Å². The van der Waals surface area contributed by atoms with Crippen LogP contribution in [0.25, 0.3) is 11.1 Å². The molecule has 172 valence electrons. The van der Waals surface area contributed by atoms with Gasteiger partial charge in [-0.05, 0) is 29.3 Å². The van der Waals surface area contributed by atoms with Gasteiger partial charge < -0.3 is 10.0 Å². The number of sulfonamides is 1. The molecule has 0 saturated carbocycles. The van der Waals surface area contributed by atoms with Crippen LogP contribution in [0.4, 0.5) is 0 Å². The molecule has 0 spiro atoms. The number of thioether (sulfide) groups is 1. The van der Waals surface area contributed by atoms with Crippen molar-refractivity contribution in [3.05, 3.63) is 54.1 Å². The zero-order chi connectivity index (χ0) is 22.6. The average Bonchev–Trinajstić information content (AvgIpc) is 2.85. The predicted molar refractivity (Wildman–Crippen MR) is 127 cm³/mol. The summed E-state index contributed by atoms with van der Waals surface area (Å²) in [5.74, 6) is 1.40. The zero-order valence-corrected chi connectivity index (χ0v) is 19.7. The Kier molecular flexibility index (Phi) is 7.52. The molecular weight excluding hydrogens is 446 g/mol. The third-order valence-corrected chi connectivity index (χ3v) is 8.76. The lowest BCUT2D eigenvalue weighted by atomic mass is 10.0. The number of amides is 1. The summed E-state index contributed by atoms with van der Waals surface area (Å²) in [6.45, 7) is 4.17. The molecule has 0 bridgehead atoms. The Hall–Kier alpha value is -1.91. The van der Waals surface area contributed by atoms with E-state index in [2.05, 4.69) is 4.90 Å². The second-order valence-electron chi connectivity index (χ2n) is 7.99. The van der Waals surface area contributed by atoms with E-state index in [-0.39, 0.29) is 17.4 Å². The quantitative estimate of drug-likeness (QED) is 0.687. The van der Waals surface area contributed by atoms with E-state index >= 15 is 0 Å². The summed E-state index contributed by atoms with van der Waals surface area (Å²) in [7, 11) is -3.68. The monoisotopic (exact) mass is 475 g/mol. The number of rotatable bonds is 6. The SMILES string of the molecule is O=C(c1cc(-c2ccccc2)cc(S(=O)(=O)N2CCSCC2)c1)N1CCN(CCO)CC1. The van der Waals surface area contributed by atoms with E-state index in [4.69, 9.17) is 5.11 Å². The molecule has 32 heavy (non-hydrogen) atoms. The maximum absolute atomic E-state index is 13.4. The van der Waals surface area contributed by atoms with Crippen molar-refractivity contribution < 1.29 is 18.3 Å². The van der Waals surface area contributed by atoms with Crippen molar-refractivity contribution >= 4 is 27.7 Å². The molecule has 1 N–H and O–H groups in total. The summed E-state index contributed by atoms with van der Waals surface area (Å²) in [5, 5.41) is 9.14. The van der Waals surface area contributed by atoms with Gasteiger partial charge in [0.25, 0.3) is 5.91 Å². The highest BCUT2D eigenvalue weighted by molar-refractivity contribution is 7.99. The molecule has 1 amide bonds. The fraction of sp³-hybridized carbons (Fsp3) is 0.435. The number of carbonyl (C=O) groups excluding carboxylic acids is 1. The van der Waals surface area contributed by atoms with Crippen molar-refractivity contribution in [3.63, 3.8) is 0 Å². The molecule has 2 aliphatic rings. The number of hydrogen-bond donors (Lipinski definition) is 1. The molecule has 0 aliphatic carbocycles. The van der Waals surface area contributed by atoms with E-state index in [0.29, 0.717) is 51.4 Å². The summed E-state index contributed by atoms with van der Waals surface area (Å²) < 4.78 is 28.3. The van der Waals surface area contributed by atoms with Crippen LogP contribution < -0.4 is 0 Å². The van der Waals surface area contributed by atoms with Gasteiger partial charge in [-0.15, -0.1) is 0 Å². The van der Waals surface area contributed by atoms with Gasteiger partial charge in [-0.2, -0.15) is 16.1 Å². The van der Waals surface area contributed by atoms with Crippen LogP contribution in [0.5, 0.6) is 0 Å². The lowest BCUT2D eigenvalue weighted by Gasteiger charge is -2.34. The van der Waals surface area contributed by atoms with Crippen LogP contribution in [0.3, 0.4) is 0 Å². The van der Waals surface area contributed by atoms with Crippen molar-refractivity contribution in [2.24, 2.45) is 0 Å². The number of piperazine rings is 1. The summed E-state index contributed by atoms with van der Waals surface area (Å²) in [4.78, 5) is 17.4. The molecule has 2 aliphatic heterocycles. The smallest absolute Gasteiger partial charge is 0.254 e. The fourth-order valence-corrected chi connectivity index (χ4v) is 6.75. The third-order valence-electron chi connectivity index (χ3n) is 5.94. The van der Waals surface area contributed by atoms with Gasteiger partial charge in [-0.1, -0.05) is 30.3 Å². The van der Waals surface area contributed by atoms with Crippen molar-refractivity contribution in [2.75, 3.05) is 63.9 Å². The number of hydrogen-bond acceptors (Lipinski definition) is 6. The number of aliphatic hydroxyl groups is 1. The number of carbonyl (C=O) groups is 1. The molecule has 2 aromatic carbocycles. The first kappa shape index (κ1) is 23.3. The molecule has 9 heteroatoms. The summed E-state index contributed by atoms with van der Waals surface area (Å²) in [6, 6.07) is 14.6. The number of benzene rings is 2. The maximum atomic E-state index is 13.4. The van der Waals surface area contributed by atoms with Crippen LogP contribution in [0, 0.1) is 0 Å². The van der Waals surface area contributed by atoms with Crippen LogP contribution in [0.1, 0.15) is 10.4 Å². The second-order valence-corrected chi connectivity index (χ2v) is 11.1. The fourth-order valence-electron chi connectivity index (χ4n) is 4.10. The lowest BCUT2D eigenvalue weighted by molar-refractivity contribution is 0.0615. The molecule has 2 fully saturated rings. The Bertz CT molecular complexity index is 1030. The molecule has 4 rings (SSSR count). The van der Waals surface area contributed by atoms with E-state index in [1.807, 2.05) is 30.3 Å². The molecule has 2 heterocycles. The minimum absolute atomic E-state index is 0.100. The second kappa shape index (κ2) is 10.4. The highest BCUT2D eigenvalue weighted by Crippen LogP contribution is 2.28. The first-order valence-electron chi connectivity index (χ1n) is 10.9. The third kappa shape index (κ3) is 5.18. The van der Waals surface area contributed by atoms with Crippen LogP contribution in [-0.4, -0.2) is 97.5 Å². The Labute approximate surface area is 194 Å². The zero-order valence-electron chi connectivity index (χ0n) is 18.0. The Morgan fingerprint density at radius 1 is 0.906 bits per heavy atom. The molecule has 0 atom stereocenters. The van der Waals surface area contributed by atoms with Crippen LogP contribution in [-0.2, 0) is 10.0 Å². The van der Waals surface area contributed by atoms with E-state index < -0.39 is 10.0 Å². The topological polar surface area (TPSA) is 81.2 Å². The van der Waals surface area contributed by atoms with Gasteiger partial charge in [0, 0.05) is 62.9 Å². The molecule has 2 aromatic rings. The number of β-amino-alcohol motifs (C(OH)–C–C–N with tert-alkyl or cyclic N) is 1. The van der Waals surface area contributed by atoms with Gasteiger partial charge in [-0.25, -0.2) is 8.42 Å². The van der Waals surface area contributed by atoms with Gasteiger partial charge in [0.2, 0.25) is 10.0 Å². The Balaban J connectivity index is 1.67. The van der Waals surface area contributed by atoms with Crippen molar-refractivity contribution in [2.45, 2.75) is 4.90 Å². The summed E-state index contributed by atoms with van der Waals surface area (Å²) in [6.07, 6.45) is 0. The lowest BCUT2D eigenvalue weighted by Crippen LogP contribution is -2.49. The highest BCUT2D eigenvalue weighted by atomic mass is 32.2. The highest BCUT2D eigenvalue weighted by Gasteiger charge is 2.29. The largest absolute Gasteiger partial charge is 0.395 e. The van der Waals surface area contributed by atoms with E-state index in [0.717, 1.165) is 22.6 Å². The first-order valence-corrected chi connectivity index (χ1v) is 13.5. The molecule has 0 aromatic heterocycles. The van der Waals surface area contributed by atoms with Gasteiger partial charge in [-0.3, -0.25) is 9.69 Å².